The number of carbonyl (C=O) groups excluding carboxylic acids is 1. The number of ether oxygens (including phenoxy) is 1. The first-order chi connectivity index (χ1) is 9.16. The molecule has 3 atom stereocenters. The fourth-order valence-electron chi connectivity index (χ4n) is 2.36. The molecule has 0 aromatic heterocycles. The summed E-state index contributed by atoms with van der Waals surface area (Å²) in [5, 5.41) is 5.89. The molecule has 1 saturated heterocycles. The third-order valence-electron chi connectivity index (χ3n) is 3.53. The highest BCUT2D eigenvalue weighted by atomic mass is 16.5. The van der Waals surface area contributed by atoms with E-state index in [0.29, 0.717) is 0 Å². The Balaban J connectivity index is 1.80. The molecule has 1 aromatic carbocycles. The number of amides is 2. The van der Waals surface area contributed by atoms with Gasteiger partial charge in [-0.25, -0.2) is 4.79 Å². The van der Waals surface area contributed by atoms with Crippen LogP contribution in [-0.2, 0) is 4.74 Å². The van der Waals surface area contributed by atoms with Crippen molar-refractivity contribution < 1.29 is 9.53 Å². The van der Waals surface area contributed by atoms with Crippen LogP contribution in [0.5, 0.6) is 0 Å². The Kier molecular flexibility index (Phi) is 4.80. The van der Waals surface area contributed by atoms with E-state index >= 15 is 0 Å². The first kappa shape index (κ1) is 13.9. The van der Waals surface area contributed by atoms with Crippen molar-refractivity contribution in [3.8, 4) is 0 Å². The minimum atomic E-state index is -0.139. The maximum Gasteiger partial charge on any atom is 0.315 e. The van der Waals surface area contributed by atoms with Crippen LogP contribution in [0.2, 0.25) is 0 Å². The Bertz CT molecular complexity index is 402. The molecule has 0 aliphatic carbocycles. The maximum absolute atomic E-state index is 11.9. The largest absolute Gasteiger partial charge is 0.376 e. The van der Waals surface area contributed by atoms with Crippen molar-refractivity contribution in [2.24, 2.45) is 0 Å². The Morgan fingerprint density at radius 3 is 2.63 bits per heavy atom. The number of benzene rings is 1. The fourth-order valence-corrected chi connectivity index (χ4v) is 2.36. The number of carbonyl (C=O) groups is 1. The molecule has 4 nitrogen and oxygen atoms in total. The van der Waals surface area contributed by atoms with Crippen molar-refractivity contribution in [1.29, 1.82) is 0 Å². The second-order valence-electron chi connectivity index (χ2n) is 5.09. The van der Waals surface area contributed by atoms with Crippen LogP contribution in [0.3, 0.4) is 0 Å². The number of nitrogens with one attached hydrogen (secondary N) is 2. The molecule has 0 spiro atoms. The van der Waals surface area contributed by atoms with E-state index in [1.54, 1.807) is 0 Å². The zero-order valence-electron chi connectivity index (χ0n) is 11.6. The van der Waals surface area contributed by atoms with Crippen LogP contribution in [0, 0.1) is 0 Å². The average molecular weight is 262 g/mol. The second kappa shape index (κ2) is 6.57. The molecule has 1 fully saturated rings. The lowest BCUT2D eigenvalue weighted by molar-refractivity contribution is 0.0859. The Hall–Kier alpha value is -1.55. The topological polar surface area (TPSA) is 50.4 Å². The molecule has 19 heavy (non-hydrogen) atoms. The number of urea groups is 1. The molecule has 0 bridgehead atoms. The summed E-state index contributed by atoms with van der Waals surface area (Å²) >= 11 is 0. The third kappa shape index (κ3) is 3.96. The van der Waals surface area contributed by atoms with Crippen LogP contribution in [0.4, 0.5) is 4.79 Å². The van der Waals surface area contributed by atoms with Gasteiger partial charge in [0.15, 0.2) is 0 Å². The van der Waals surface area contributed by atoms with E-state index in [1.165, 1.54) is 0 Å². The predicted molar refractivity (Wildman–Crippen MR) is 75.0 cm³/mol. The van der Waals surface area contributed by atoms with Gasteiger partial charge in [0, 0.05) is 6.61 Å². The summed E-state index contributed by atoms with van der Waals surface area (Å²) in [6.45, 7) is 4.77. The normalized spacial score (nSPS) is 21.7. The molecular formula is C15H22N2O2. The minimum Gasteiger partial charge on any atom is -0.376 e. The first-order valence-electron chi connectivity index (χ1n) is 6.90. The van der Waals surface area contributed by atoms with Gasteiger partial charge in [0.1, 0.15) is 0 Å². The van der Waals surface area contributed by atoms with Crippen LogP contribution in [0.15, 0.2) is 30.3 Å². The van der Waals surface area contributed by atoms with Gasteiger partial charge in [-0.15, -0.1) is 0 Å². The summed E-state index contributed by atoms with van der Waals surface area (Å²) in [6, 6.07) is 9.84. The molecule has 4 heteroatoms. The van der Waals surface area contributed by atoms with Crippen LogP contribution in [-0.4, -0.2) is 24.8 Å². The molecule has 2 rings (SSSR count). The molecule has 2 N–H and O–H groups in total. The Morgan fingerprint density at radius 1 is 1.26 bits per heavy atom. The van der Waals surface area contributed by atoms with E-state index in [2.05, 4.69) is 10.6 Å². The van der Waals surface area contributed by atoms with Gasteiger partial charge in [-0.05, 0) is 32.3 Å². The first-order valence-corrected chi connectivity index (χ1v) is 6.90. The molecule has 1 aliphatic heterocycles. The van der Waals surface area contributed by atoms with Gasteiger partial charge in [0.25, 0.3) is 0 Å². The van der Waals surface area contributed by atoms with E-state index < -0.39 is 0 Å². The highest BCUT2D eigenvalue weighted by Gasteiger charge is 2.23. The second-order valence-corrected chi connectivity index (χ2v) is 5.09. The van der Waals surface area contributed by atoms with E-state index in [9.17, 15) is 4.79 Å². The van der Waals surface area contributed by atoms with Crippen LogP contribution >= 0.6 is 0 Å². The van der Waals surface area contributed by atoms with Crippen molar-refractivity contribution in [2.45, 2.75) is 44.9 Å². The molecule has 2 amide bonds. The van der Waals surface area contributed by atoms with E-state index in [4.69, 9.17) is 4.74 Å². The molecule has 1 aliphatic rings. The molecule has 0 saturated carbocycles. The van der Waals surface area contributed by atoms with Gasteiger partial charge < -0.3 is 15.4 Å². The van der Waals surface area contributed by atoms with Gasteiger partial charge in [0.05, 0.1) is 18.2 Å². The lowest BCUT2D eigenvalue weighted by Gasteiger charge is -2.22. The molecule has 104 valence electrons. The summed E-state index contributed by atoms with van der Waals surface area (Å²) in [4.78, 5) is 11.9. The average Bonchev–Trinajstić information content (AvgIpc) is 2.93. The summed E-state index contributed by atoms with van der Waals surface area (Å²) in [5.41, 5.74) is 1.10. The summed E-state index contributed by atoms with van der Waals surface area (Å²) in [7, 11) is 0. The van der Waals surface area contributed by atoms with E-state index in [-0.39, 0.29) is 24.2 Å². The van der Waals surface area contributed by atoms with Crippen molar-refractivity contribution in [3.05, 3.63) is 35.9 Å². The Morgan fingerprint density at radius 2 is 2.00 bits per heavy atom. The van der Waals surface area contributed by atoms with Crippen LogP contribution in [0.25, 0.3) is 0 Å². The third-order valence-corrected chi connectivity index (χ3v) is 3.53. The quantitative estimate of drug-likeness (QED) is 0.876. The number of hydrogen-bond acceptors (Lipinski definition) is 2. The zero-order valence-corrected chi connectivity index (χ0v) is 11.6. The van der Waals surface area contributed by atoms with Crippen molar-refractivity contribution in [2.75, 3.05) is 6.61 Å². The van der Waals surface area contributed by atoms with Gasteiger partial charge in [-0.2, -0.15) is 0 Å². The highest BCUT2D eigenvalue weighted by Crippen LogP contribution is 2.15. The van der Waals surface area contributed by atoms with E-state index in [0.717, 1.165) is 25.0 Å². The lowest BCUT2D eigenvalue weighted by Crippen LogP contribution is -2.46. The molecule has 3 unspecified atom stereocenters. The standard InChI is InChI=1S/C15H22N2O2/c1-11(13-7-4-3-5-8-13)16-15(18)17-12(2)14-9-6-10-19-14/h3-5,7-8,11-12,14H,6,9-10H2,1-2H3,(H2,16,17,18). The van der Waals surface area contributed by atoms with Gasteiger partial charge in [0.2, 0.25) is 0 Å². The lowest BCUT2D eigenvalue weighted by atomic mass is 10.1. The molecule has 1 heterocycles. The maximum atomic E-state index is 11.9. The number of hydrogen-bond donors (Lipinski definition) is 2. The molecule has 1 aromatic rings. The summed E-state index contributed by atoms with van der Waals surface area (Å²) in [5.74, 6) is 0. The fraction of sp³-hybridized carbons (Fsp3) is 0.533. The monoisotopic (exact) mass is 262 g/mol. The zero-order chi connectivity index (χ0) is 13.7. The predicted octanol–water partition coefficient (Wildman–Crippen LogP) is 2.61. The summed E-state index contributed by atoms with van der Waals surface area (Å²) in [6.07, 6.45) is 2.26. The molecule has 0 radical (unpaired) electrons. The minimum absolute atomic E-state index is 0.00195. The molecular weight excluding hydrogens is 240 g/mol. The number of rotatable bonds is 4. The van der Waals surface area contributed by atoms with Gasteiger partial charge in [-0.1, -0.05) is 30.3 Å². The smallest absolute Gasteiger partial charge is 0.315 e. The van der Waals surface area contributed by atoms with E-state index in [1.807, 2.05) is 44.2 Å². The van der Waals surface area contributed by atoms with Gasteiger partial charge in [-0.3, -0.25) is 0 Å². The summed E-state index contributed by atoms with van der Waals surface area (Å²) < 4.78 is 5.56. The van der Waals surface area contributed by atoms with Crippen LogP contribution < -0.4 is 10.6 Å². The van der Waals surface area contributed by atoms with Crippen molar-refractivity contribution in [1.82, 2.24) is 10.6 Å². The van der Waals surface area contributed by atoms with Crippen molar-refractivity contribution >= 4 is 6.03 Å². The van der Waals surface area contributed by atoms with Crippen LogP contribution in [0.1, 0.15) is 38.3 Å². The Labute approximate surface area is 114 Å². The van der Waals surface area contributed by atoms with Crippen molar-refractivity contribution in [3.63, 3.8) is 0 Å². The van der Waals surface area contributed by atoms with Gasteiger partial charge >= 0.3 is 6.03 Å². The highest BCUT2D eigenvalue weighted by molar-refractivity contribution is 5.74. The SMILES string of the molecule is CC(NC(=O)NC(C)C1CCCO1)c1ccccc1.